The number of nitrogens with zero attached hydrogens (tertiary/aromatic N) is 3. The van der Waals surface area contributed by atoms with Gasteiger partial charge in [0.1, 0.15) is 11.2 Å². The number of pyridine rings is 1. The fraction of sp³-hybridized carbons (Fsp3) is 0.235. The molecule has 0 fully saturated rings. The number of halogens is 5. The third kappa shape index (κ3) is 2.81. The number of benzene rings is 1. The summed E-state index contributed by atoms with van der Waals surface area (Å²) >= 11 is 0. The molecule has 0 radical (unpaired) electrons. The first-order valence-corrected chi connectivity index (χ1v) is 7.83. The number of aromatic nitrogens is 3. The number of hydrogen-bond donors (Lipinski definition) is 1. The van der Waals surface area contributed by atoms with E-state index < -0.39 is 24.1 Å². The SMILES string of the molecule is Cc1cc(-n2c(C(F)F)nc3ccc(C(F)(F)F)nc32)cc2c1NC(=O)C2. The van der Waals surface area contributed by atoms with Crippen molar-refractivity contribution in [1.29, 1.82) is 0 Å². The van der Waals surface area contributed by atoms with Crippen LogP contribution in [0.3, 0.4) is 0 Å². The van der Waals surface area contributed by atoms with E-state index in [1.807, 2.05) is 0 Å². The van der Waals surface area contributed by atoms with Crippen LogP contribution in [0.25, 0.3) is 16.9 Å². The molecule has 1 N–H and O–H groups in total. The Labute approximate surface area is 148 Å². The normalized spacial score (nSPS) is 14.1. The quantitative estimate of drug-likeness (QED) is 0.677. The van der Waals surface area contributed by atoms with E-state index in [-0.39, 0.29) is 29.2 Å². The van der Waals surface area contributed by atoms with Crippen molar-refractivity contribution in [2.75, 3.05) is 5.32 Å². The van der Waals surface area contributed by atoms with Crippen LogP contribution in [0.15, 0.2) is 24.3 Å². The number of carbonyl (C=O) groups is 1. The maximum atomic E-state index is 13.5. The molecule has 1 aliphatic heterocycles. The number of alkyl halides is 5. The minimum Gasteiger partial charge on any atom is -0.325 e. The molecule has 1 aliphatic rings. The van der Waals surface area contributed by atoms with Gasteiger partial charge in [0.2, 0.25) is 5.91 Å². The third-order valence-corrected chi connectivity index (χ3v) is 4.29. The average molecular weight is 382 g/mol. The van der Waals surface area contributed by atoms with Crippen molar-refractivity contribution in [2.24, 2.45) is 0 Å². The van der Waals surface area contributed by atoms with E-state index in [0.717, 1.165) is 10.6 Å². The van der Waals surface area contributed by atoms with Gasteiger partial charge >= 0.3 is 6.18 Å². The zero-order valence-corrected chi connectivity index (χ0v) is 13.7. The summed E-state index contributed by atoms with van der Waals surface area (Å²) in [4.78, 5) is 18.9. The lowest BCUT2D eigenvalue weighted by Gasteiger charge is -2.13. The average Bonchev–Trinajstić information content (AvgIpc) is 3.13. The fourth-order valence-corrected chi connectivity index (χ4v) is 3.18. The molecule has 4 rings (SSSR count). The summed E-state index contributed by atoms with van der Waals surface area (Å²) in [6.07, 6.45) is -7.69. The zero-order valence-electron chi connectivity index (χ0n) is 13.7. The van der Waals surface area contributed by atoms with Gasteiger partial charge in [-0.1, -0.05) is 0 Å². The molecule has 0 aliphatic carbocycles. The molecule has 10 heteroatoms. The lowest BCUT2D eigenvalue weighted by molar-refractivity contribution is -0.141. The summed E-state index contributed by atoms with van der Waals surface area (Å²) < 4.78 is 67.0. The molecule has 140 valence electrons. The third-order valence-electron chi connectivity index (χ3n) is 4.29. The first-order chi connectivity index (χ1) is 12.6. The Morgan fingerprint density at radius 3 is 2.59 bits per heavy atom. The van der Waals surface area contributed by atoms with Crippen molar-refractivity contribution in [2.45, 2.75) is 25.9 Å². The second kappa shape index (κ2) is 5.73. The summed E-state index contributed by atoms with van der Waals surface area (Å²) in [6.45, 7) is 1.67. The number of fused-ring (bicyclic) bond motifs is 2. The van der Waals surface area contributed by atoms with Crippen molar-refractivity contribution < 1.29 is 26.7 Å². The summed E-state index contributed by atoms with van der Waals surface area (Å²) in [5.74, 6) is -0.958. The Morgan fingerprint density at radius 2 is 1.93 bits per heavy atom. The number of nitrogens with one attached hydrogen (secondary N) is 1. The number of amides is 1. The summed E-state index contributed by atoms with van der Waals surface area (Å²) in [6, 6.07) is 4.69. The Hall–Kier alpha value is -3.04. The summed E-state index contributed by atoms with van der Waals surface area (Å²) in [5.41, 5.74) is 0.323. The molecule has 27 heavy (non-hydrogen) atoms. The number of aryl methyl sites for hydroxylation is 1. The van der Waals surface area contributed by atoms with Crippen molar-refractivity contribution in [3.05, 3.63) is 46.9 Å². The van der Waals surface area contributed by atoms with Gasteiger partial charge in [-0.3, -0.25) is 9.36 Å². The minimum absolute atomic E-state index is 0.0574. The summed E-state index contributed by atoms with van der Waals surface area (Å²) in [7, 11) is 0. The van der Waals surface area contributed by atoms with Crippen molar-refractivity contribution >= 4 is 22.8 Å². The Kier molecular flexibility index (Phi) is 3.69. The van der Waals surface area contributed by atoms with Crippen molar-refractivity contribution in [3.63, 3.8) is 0 Å². The van der Waals surface area contributed by atoms with E-state index in [9.17, 15) is 26.7 Å². The number of hydrogen-bond acceptors (Lipinski definition) is 3. The maximum Gasteiger partial charge on any atom is 0.433 e. The van der Waals surface area contributed by atoms with Crippen LogP contribution in [0.5, 0.6) is 0 Å². The topological polar surface area (TPSA) is 59.8 Å². The van der Waals surface area contributed by atoms with E-state index in [1.54, 1.807) is 6.92 Å². The van der Waals surface area contributed by atoms with Gasteiger partial charge in [0.05, 0.1) is 6.42 Å². The molecule has 0 atom stereocenters. The van der Waals surface area contributed by atoms with Gasteiger partial charge in [-0.2, -0.15) is 13.2 Å². The Bertz CT molecular complexity index is 1090. The molecule has 3 heterocycles. The number of anilines is 1. The largest absolute Gasteiger partial charge is 0.433 e. The van der Waals surface area contributed by atoms with Gasteiger partial charge in [0, 0.05) is 11.4 Å². The van der Waals surface area contributed by atoms with Gasteiger partial charge < -0.3 is 5.32 Å². The van der Waals surface area contributed by atoms with Crippen LogP contribution in [0, 0.1) is 6.92 Å². The van der Waals surface area contributed by atoms with Crippen LogP contribution in [0.4, 0.5) is 27.6 Å². The first-order valence-electron chi connectivity index (χ1n) is 7.83. The molecular weight excluding hydrogens is 371 g/mol. The number of carbonyl (C=O) groups excluding carboxylic acids is 1. The molecule has 1 amide bonds. The molecular formula is C17H11F5N4O. The van der Waals surface area contributed by atoms with Crippen LogP contribution >= 0.6 is 0 Å². The van der Waals surface area contributed by atoms with Crippen LogP contribution in [-0.4, -0.2) is 20.4 Å². The van der Waals surface area contributed by atoms with E-state index in [4.69, 9.17) is 0 Å². The molecule has 5 nitrogen and oxygen atoms in total. The van der Waals surface area contributed by atoms with Gasteiger partial charge in [-0.05, 0) is 42.3 Å². The monoisotopic (exact) mass is 382 g/mol. The maximum absolute atomic E-state index is 13.5. The highest BCUT2D eigenvalue weighted by Gasteiger charge is 2.34. The first kappa shape index (κ1) is 17.4. The predicted molar refractivity (Wildman–Crippen MR) is 85.9 cm³/mol. The summed E-state index contributed by atoms with van der Waals surface area (Å²) in [5, 5.41) is 2.67. The second-order valence-electron chi connectivity index (χ2n) is 6.16. The van der Waals surface area contributed by atoms with E-state index in [1.165, 1.54) is 12.1 Å². The van der Waals surface area contributed by atoms with Crippen LogP contribution in [-0.2, 0) is 17.4 Å². The highest BCUT2D eigenvalue weighted by Crippen LogP contribution is 2.35. The molecule has 0 unspecified atom stereocenters. The van der Waals surface area contributed by atoms with E-state index in [0.29, 0.717) is 22.9 Å². The van der Waals surface area contributed by atoms with Gasteiger partial charge in [0.25, 0.3) is 6.43 Å². The van der Waals surface area contributed by atoms with Crippen molar-refractivity contribution in [1.82, 2.24) is 14.5 Å². The smallest absolute Gasteiger partial charge is 0.325 e. The standard InChI is InChI=1S/C17H11F5N4O/c1-7-4-9(5-8-6-12(27)25-13(7)8)26-15-10(23-16(26)14(18)19)2-3-11(24-15)17(20,21)22/h2-5,14H,6H2,1H3,(H,25,27). The van der Waals surface area contributed by atoms with Crippen LogP contribution in [0.1, 0.15) is 29.1 Å². The molecule has 2 aromatic heterocycles. The zero-order chi connectivity index (χ0) is 19.5. The minimum atomic E-state index is -4.72. The molecule has 0 saturated carbocycles. The van der Waals surface area contributed by atoms with Gasteiger partial charge in [-0.25, -0.2) is 18.7 Å². The lowest BCUT2D eigenvalue weighted by atomic mass is 10.1. The highest BCUT2D eigenvalue weighted by atomic mass is 19.4. The van der Waals surface area contributed by atoms with E-state index >= 15 is 0 Å². The molecule has 0 saturated heterocycles. The highest BCUT2D eigenvalue weighted by molar-refractivity contribution is 6.00. The van der Waals surface area contributed by atoms with Gasteiger partial charge in [0.15, 0.2) is 11.5 Å². The van der Waals surface area contributed by atoms with Crippen LogP contribution in [0.2, 0.25) is 0 Å². The lowest BCUT2D eigenvalue weighted by Crippen LogP contribution is -2.09. The molecule has 0 bridgehead atoms. The molecule has 1 aromatic carbocycles. The van der Waals surface area contributed by atoms with E-state index in [2.05, 4.69) is 15.3 Å². The van der Waals surface area contributed by atoms with Crippen molar-refractivity contribution in [3.8, 4) is 5.69 Å². The Morgan fingerprint density at radius 1 is 1.19 bits per heavy atom. The van der Waals surface area contributed by atoms with Gasteiger partial charge in [-0.15, -0.1) is 0 Å². The second-order valence-corrected chi connectivity index (χ2v) is 6.16. The molecule has 0 spiro atoms. The number of rotatable bonds is 2. The fourth-order valence-electron chi connectivity index (χ4n) is 3.18. The molecule has 3 aromatic rings. The number of imidazole rings is 1. The van der Waals surface area contributed by atoms with Crippen LogP contribution < -0.4 is 5.32 Å². The predicted octanol–water partition coefficient (Wildman–Crippen LogP) is 4.18. The Balaban J connectivity index is 2.00.